The van der Waals surface area contributed by atoms with Crippen molar-refractivity contribution in [1.29, 1.82) is 0 Å². The van der Waals surface area contributed by atoms with Crippen LogP contribution in [0.1, 0.15) is 48.0 Å². The minimum atomic E-state index is -0.535. The summed E-state index contributed by atoms with van der Waals surface area (Å²) < 4.78 is 18.7. The Labute approximate surface area is 139 Å². The second-order valence-electron chi connectivity index (χ2n) is 5.63. The van der Waals surface area contributed by atoms with Crippen LogP contribution < -0.4 is 4.74 Å². The summed E-state index contributed by atoms with van der Waals surface area (Å²) in [7, 11) is 0. The third-order valence-corrected chi connectivity index (χ3v) is 4.42. The van der Waals surface area contributed by atoms with E-state index in [2.05, 4.69) is 4.98 Å². The van der Waals surface area contributed by atoms with E-state index >= 15 is 0 Å². The van der Waals surface area contributed by atoms with Crippen LogP contribution >= 0.6 is 11.6 Å². The number of hydrogen-bond acceptors (Lipinski definition) is 3. The average molecular weight is 334 g/mol. The minimum absolute atomic E-state index is 0.376. The fourth-order valence-electron chi connectivity index (χ4n) is 2.84. The number of rotatable bonds is 5. The number of hydrogen-bond donors (Lipinski definition) is 0. The van der Waals surface area contributed by atoms with E-state index in [1.165, 1.54) is 12.3 Å². The first kappa shape index (κ1) is 15.9. The lowest BCUT2D eigenvalue weighted by Crippen LogP contribution is -2.12. The first-order valence-corrected chi connectivity index (χ1v) is 8.10. The van der Waals surface area contributed by atoms with E-state index in [-0.39, 0.29) is 5.82 Å². The number of aromatic nitrogens is 1. The minimum Gasteiger partial charge on any atom is -0.493 e. The van der Waals surface area contributed by atoms with Crippen molar-refractivity contribution in [2.75, 3.05) is 6.61 Å². The first-order valence-electron chi connectivity index (χ1n) is 7.72. The van der Waals surface area contributed by atoms with Gasteiger partial charge in [0.2, 0.25) is 0 Å². The Hall–Kier alpha value is -1.94. The van der Waals surface area contributed by atoms with Crippen LogP contribution in [0.25, 0.3) is 11.3 Å². The summed E-state index contributed by atoms with van der Waals surface area (Å²) in [6.07, 6.45) is 4.50. The Kier molecular flexibility index (Phi) is 4.62. The molecule has 120 valence electrons. The summed E-state index contributed by atoms with van der Waals surface area (Å²) in [5.74, 6) is 0.440. The zero-order valence-electron chi connectivity index (χ0n) is 12.8. The van der Waals surface area contributed by atoms with E-state index in [0.717, 1.165) is 30.4 Å². The molecule has 3 rings (SSSR count). The lowest BCUT2D eigenvalue weighted by Gasteiger charge is -2.28. The van der Waals surface area contributed by atoms with Gasteiger partial charge in [-0.05, 0) is 67.1 Å². The second-order valence-corrected chi connectivity index (χ2v) is 5.98. The molecule has 0 radical (unpaired) electrons. The van der Waals surface area contributed by atoms with Gasteiger partial charge in [-0.1, -0.05) is 6.42 Å². The lowest BCUT2D eigenvalue weighted by atomic mass is 9.77. The van der Waals surface area contributed by atoms with E-state index in [1.807, 2.05) is 13.0 Å². The van der Waals surface area contributed by atoms with E-state index in [4.69, 9.17) is 16.3 Å². The third kappa shape index (κ3) is 3.22. The van der Waals surface area contributed by atoms with Crippen LogP contribution in [0.15, 0.2) is 30.5 Å². The molecule has 0 spiro atoms. The molecule has 1 aliphatic carbocycles. The highest BCUT2D eigenvalue weighted by Gasteiger charge is 2.26. The van der Waals surface area contributed by atoms with Crippen molar-refractivity contribution in [3.8, 4) is 17.0 Å². The van der Waals surface area contributed by atoms with Gasteiger partial charge in [0.05, 0.1) is 24.1 Å². The van der Waals surface area contributed by atoms with E-state index in [0.29, 0.717) is 29.5 Å². The third-order valence-electron chi connectivity index (χ3n) is 4.21. The summed E-state index contributed by atoms with van der Waals surface area (Å²) in [6, 6.07) is 6.64. The van der Waals surface area contributed by atoms with Gasteiger partial charge in [-0.3, -0.25) is 9.78 Å². The standard InChI is InChI=1S/C18H17ClFNO2/c1-2-23-17-9-14(16-7-6-12(20)10-21-16)13(11-4-3-5-11)8-15(17)18(19)22/h6-11H,2-5H2,1H3. The van der Waals surface area contributed by atoms with Gasteiger partial charge in [0.15, 0.2) is 0 Å². The van der Waals surface area contributed by atoms with Crippen molar-refractivity contribution in [2.45, 2.75) is 32.1 Å². The zero-order chi connectivity index (χ0) is 16.4. The molecular formula is C18H17ClFNO2. The van der Waals surface area contributed by atoms with Crippen LogP contribution in [-0.2, 0) is 0 Å². The first-order chi connectivity index (χ1) is 11.1. The lowest BCUT2D eigenvalue weighted by molar-refractivity contribution is 0.107. The van der Waals surface area contributed by atoms with Gasteiger partial charge in [-0.15, -0.1) is 0 Å². The van der Waals surface area contributed by atoms with Crippen molar-refractivity contribution in [1.82, 2.24) is 4.98 Å². The van der Waals surface area contributed by atoms with Crippen LogP contribution in [0.3, 0.4) is 0 Å². The van der Waals surface area contributed by atoms with Crippen molar-refractivity contribution < 1.29 is 13.9 Å². The Balaban J connectivity index is 2.16. The highest BCUT2D eigenvalue weighted by molar-refractivity contribution is 6.68. The van der Waals surface area contributed by atoms with Crippen LogP contribution in [0.4, 0.5) is 4.39 Å². The molecule has 0 saturated heterocycles. The maximum absolute atomic E-state index is 13.2. The normalized spacial score (nSPS) is 14.4. The molecular weight excluding hydrogens is 317 g/mol. The molecule has 1 aromatic carbocycles. The van der Waals surface area contributed by atoms with E-state index < -0.39 is 5.24 Å². The van der Waals surface area contributed by atoms with Crippen molar-refractivity contribution in [2.24, 2.45) is 0 Å². The molecule has 3 nitrogen and oxygen atoms in total. The van der Waals surface area contributed by atoms with Crippen LogP contribution in [0.5, 0.6) is 5.75 Å². The topological polar surface area (TPSA) is 39.2 Å². The van der Waals surface area contributed by atoms with E-state index in [9.17, 15) is 9.18 Å². The molecule has 0 amide bonds. The molecule has 0 atom stereocenters. The Bertz CT molecular complexity index is 727. The summed E-state index contributed by atoms with van der Waals surface area (Å²) in [4.78, 5) is 15.9. The van der Waals surface area contributed by atoms with Crippen LogP contribution in [-0.4, -0.2) is 16.8 Å². The molecule has 0 N–H and O–H groups in total. The van der Waals surface area contributed by atoms with Gasteiger partial charge in [0.25, 0.3) is 5.24 Å². The molecule has 0 bridgehead atoms. The number of pyridine rings is 1. The van der Waals surface area contributed by atoms with Gasteiger partial charge in [0, 0.05) is 5.56 Å². The molecule has 1 fully saturated rings. The number of benzene rings is 1. The van der Waals surface area contributed by atoms with Gasteiger partial charge in [-0.25, -0.2) is 4.39 Å². The number of carbonyl (C=O) groups is 1. The fourth-order valence-corrected chi connectivity index (χ4v) is 2.99. The quantitative estimate of drug-likeness (QED) is 0.728. The molecule has 1 saturated carbocycles. The summed E-state index contributed by atoms with van der Waals surface area (Å²) in [5, 5.41) is -0.535. The zero-order valence-corrected chi connectivity index (χ0v) is 13.6. The maximum atomic E-state index is 13.2. The number of ether oxygens (including phenoxy) is 1. The molecule has 0 aliphatic heterocycles. The van der Waals surface area contributed by atoms with Crippen molar-refractivity contribution in [3.63, 3.8) is 0 Å². The highest BCUT2D eigenvalue weighted by atomic mass is 35.5. The smallest absolute Gasteiger partial charge is 0.256 e. The summed E-state index contributed by atoms with van der Waals surface area (Å²) in [6.45, 7) is 2.27. The maximum Gasteiger partial charge on any atom is 0.256 e. The highest BCUT2D eigenvalue weighted by Crippen LogP contribution is 2.43. The monoisotopic (exact) mass is 333 g/mol. The van der Waals surface area contributed by atoms with Crippen LogP contribution in [0, 0.1) is 5.82 Å². The molecule has 1 heterocycles. The SMILES string of the molecule is CCOc1cc(-c2ccc(F)cn2)c(C2CCC2)cc1C(=O)Cl. The van der Waals surface area contributed by atoms with Crippen molar-refractivity contribution >= 4 is 16.8 Å². The van der Waals surface area contributed by atoms with Gasteiger partial charge < -0.3 is 4.74 Å². The van der Waals surface area contributed by atoms with Gasteiger partial charge in [0.1, 0.15) is 11.6 Å². The Morgan fingerprint density at radius 3 is 2.70 bits per heavy atom. The fraction of sp³-hybridized carbons (Fsp3) is 0.333. The predicted octanol–water partition coefficient (Wildman–Crippen LogP) is 4.93. The number of nitrogens with zero attached hydrogens (tertiary/aromatic N) is 1. The summed E-state index contributed by atoms with van der Waals surface area (Å²) in [5.41, 5.74) is 2.95. The summed E-state index contributed by atoms with van der Waals surface area (Å²) >= 11 is 5.72. The Morgan fingerprint density at radius 1 is 1.39 bits per heavy atom. The van der Waals surface area contributed by atoms with Gasteiger partial charge in [-0.2, -0.15) is 0 Å². The molecule has 0 unspecified atom stereocenters. The largest absolute Gasteiger partial charge is 0.493 e. The van der Waals surface area contributed by atoms with Crippen LogP contribution in [0.2, 0.25) is 0 Å². The average Bonchev–Trinajstić information content (AvgIpc) is 2.47. The molecule has 5 heteroatoms. The second kappa shape index (κ2) is 6.67. The molecule has 1 aromatic heterocycles. The molecule has 2 aromatic rings. The Morgan fingerprint density at radius 2 is 2.17 bits per heavy atom. The molecule has 23 heavy (non-hydrogen) atoms. The van der Waals surface area contributed by atoms with Gasteiger partial charge >= 0.3 is 0 Å². The molecule has 1 aliphatic rings. The number of carbonyl (C=O) groups excluding carboxylic acids is 1. The van der Waals surface area contributed by atoms with Crippen molar-refractivity contribution in [3.05, 3.63) is 47.4 Å². The number of halogens is 2. The van der Waals surface area contributed by atoms with E-state index in [1.54, 1.807) is 12.1 Å². The predicted molar refractivity (Wildman–Crippen MR) is 87.6 cm³/mol.